The van der Waals surface area contributed by atoms with Crippen molar-refractivity contribution in [3.05, 3.63) is 70.5 Å². The number of aromatic nitrogens is 3. The largest absolute Gasteiger partial charge is 0.483 e. The smallest absolute Gasteiger partial charge is 0.227 e. The maximum absolute atomic E-state index is 13.7. The summed E-state index contributed by atoms with van der Waals surface area (Å²) in [5.74, 6) is 0.789. The van der Waals surface area contributed by atoms with E-state index in [1.807, 2.05) is 35.6 Å². The van der Waals surface area contributed by atoms with Crippen LogP contribution in [-0.4, -0.2) is 21.3 Å². The number of nitrogens with zero attached hydrogens (tertiary/aromatic N) is 4. The van der Waals surface area contributed by atoms with Crippen molar-refractivity contribution >= 4 is 17.5 Å². The van der Waals surface area contributed by atoms with E-state index in [2.05, 4.69) is 10.2 Å². The zero-order valence-corrected chi connectivity index (χ0v) is 16.9. The molecule has 0 radical (unpaired) electrons. The van der Waals surface area contributed by atoms with Crippen LogP contribution >= 0.6 is 11.6 Å². The number of ether oxygens (including phenoxy) is 1. The summed E-state index contributed by atoms with van der Waals surface area (Å²) in [6, 6.07) is 10.7. The molecular weight excluding hydrogens is 398 g/mol. The quantitative estimate of drug-likeness (QED) is 0.569. The average molecular weight is 419 g/mol. The van der Waals surface area contributed by atoms with E-state index in [-0.39, 0.29) is 12.1 Å². The minimum atomic E-state index is -0.575. The first-order valence-electron chi connectivity index (χ1n) is 9.46. The van der Waals surface area contributed by atoms with Crippen molar-refractivity contribution in [2.75, 3.05) is 11.4 Å². The van der Waals surface area contributed by atoms with Gasteiger partial charge in [-0.25, -0.2) is 8.78 Å². The van der Waals surface area contributed by atoms with Crippen molar-refractivity contribution < 1.29 is 13.5 Å². The lowest BCUT2D eigenvalue weighted by molar-refractivity contribution is 0.212. The predicted molar refractivity (Wildman–Crippen MR) is 107 cm³/mol. The number of hydrogen-bond donors (Lipinski definition) is 0. The van der Waals surface area contributed by atoms with Gasteiger partial charge in [0.25, 0.3) is 0 Å². The Morgan fingerprint density at radius 2 is 1.90 bits per heavy atom. The molecule has 1 saturated heterocycles. The van der Waals surface area contributed by atoms with E-state index in [0.29, 0.717) is 28.1 Å². The third-order valence-corrected chi connectivity index (χ3v) is 5.37. The molecule has 0 saturated carbocycles. The van der Waals surface area contributed by atoms with Gasteiger partial charge in [0, 0.05) is 24.7 Å². The Morgan fingerprint density at radius 1 is 1.14 bits per heavy atom. The summed E-state index contributed by atoms with van der Waals surface area (Å²) < 4.78 is 35.3. The lowest BCUT2D eigenvalue weighted by Gasteiger charge is -2.26. The van der Waals surface area contributed by atoms with Crippen molar-refractivity contribution in [1.29, 1.82) is 0 Å². The predicted octanol–water partition coefficient (Wildman–Crippen LogP) is 5.23. The van der Waals surface area contributed by atoms with Crippen LogP contribution in [0.25, 0.3) is 0 Å². The maximum Gasteiger partial charge on any atom is 0.227 e. The fourth-order valence-corrected chi connectivity index (χ4v) is 4.03. The van der Waals surface area contributed by atoms with Crippen LogP contribution in [0.4, 0.5) is 14.7 Å². The highest BCUT2D eigenvalue weighted by molar-refractivity contribution is 6.30. The van der Waals surface area contributed by atoms with Gasteiger partial charge in [-0.1, -0.05) is 17.7 Å². The van der Waals surface area contributed by atoms with Crippen LogP contribution in [0.3, 0.4) is 0 Å². The lowest BCUT2D eigenvalue weighted by atomic mass is 10.0. The van der Waals surface area contributed by atoms with Crippen molar-refractivity contribution in [3.63, 3.8) is 0 Å². The molecule has 1 aliphatic rings. The number of halogens is 3. The summed E-state index contributed by atoms with van der Waals surface area (Å²) in [7, 11) is 1.87. The monoisotopic (exact) mass is 418 g/mol. The topological polar surface area (TPSA) is 43.2 Å². The molecule has 0 aliphatic carbocycles. The SMILES string of the molecule is CC(Oc1cccc(Cl)c1)c1nnc(N2CCCC2c2cc(F)cc(F)c2)n1C. The van der Waals surface area contributed by atoms with Crippen LogP contribution in [-0.2, 0) is 7.05 Å². The molecule has 5 nitrogen and oxygen atoms in total. The van der Waals surface area contributed by atoms with E-state index >= 15 is 0 Å². The molecule has 1 aliphatic heterocycles. The van der Waals surface area contributed by atoms with Crippen LogP contribution in [0.5, 0.6) is 5.75 Å². The molecule has 0 bridgehead atoms. The van der Waals surface area contributed by atoms with E-state index in [1.54, 1.807) is 12.1 Å². The number of benzene rings is 2. The summed E-state index contributed by atoms with van der Waals surface area (Å²) in [5.41, 5.74) is 0.604. The van der Waals surface area contributed by atoms with Crippen LogP contribution in [0.2, 0.25) is 5.02 Å². The first-order chi connectivity index (χ1) is 13.9. The zero-order chi connectivity index (χ0) is 20.5. The first-order valence-corrected chi connectivity index (χ1v) is 9.84. The van der Waals surface area contributed by atoms with Gasteiger partial charge in [0.1, 0.15) is 17.4 Å². The van der Waals surface area contributed by atoms with Gasteiger partial charge >= 0.3 is 0 Å². The fourth-order valence-electron chi connectivity index (χ4n) is 3.85. The van der Waals surface area contributed by atoms with E-state index in [4.69, 9.17) is 16.3 Å². The molecule has 0 amide bonds. The average Bonchev–Trinajstić information content (AvgIpc) is 3.27. The zero-order valence-electron chi connectivity index (χ0n) is 16.1. The summed E-state index contributed by atoms with van der Waals surface area (Å²) in [5, 5.41) is 9.24. The highest BCUT2D eigenvalue weighted by Gasteiger charge is 2.31. The van der Waals surface area contributed by atoms with Crippen molar-refractivity contribution in [2.45, 2.75) is 31.9 Å². The van der Waals surface area contributed by atoms with Crippen LogP contribution in [0.15, 0.2) is 42.5 Å². The first kappa shape index (κ1) is 19.6. The molecule has 0 spiro atoms. The Labute approximate surface area is 172 Å². The second-order valence-electron chi connectivity index (χ2n) is 7.19. The van der Waals surface area contributed by atoms with Gasteiger partial charge in [0.15, 0.2) is 11.9 Å². The molecule has 2 aromatic carbocycles. The Morgan fingerprint density at radius 3 is 2.62 bits per heavy atom. The number of hydrogen-bond acceptors (Lipinski definition) is 4. The highest BCUT2D eigenvalue weighted by atomic mass is 35.5. The molecule has 152 valence electrons. The van der Waals surface area contributed by atoms with E-state index in [0.717, 1.165) is 25.5 Å². The standard InChI is InChI=1S/C21H21ClF2N4O/c1-13(29-18-6-3-5-15(22)11-18)20-25-26-21(27(20)2)28-8-4-7-19(28)14-9-16(23)12-17(24)10-14/h3,5-6,9-13,19H,4,7-8H2,1-2H3. The van der Waals surface area contributed by atoms with Gasteiger partial charge in [-0.3, -0.25) is 4.57 Å². The normalized spacial score (nSPS) is 17.6. The molecule has 1 aromatic heterocycles. The summed E-state index contributed by atoms with van der Waals surface area (Å²) in [6.07, 6.45) is 1.34. The molecule has 29 heavy (non-hydrogen) atoms. The maximum atomic E-state index is 13.7. The molecular formula is C21H21ClF2N4O. The summed E-state index contributed by atoms with van der Waals surface area (Å²) >= 11 is 6.02. The fraction of sp³-hybridized carbons (Fsp3) is 0.333. The summed E-state index contributed by atoms with van der Waals surface area (Å²) in [6.45, 7) is 2.62. The van der Waals surface area contributed by atoms with Gasteiger partial charge in [-0.2, -0.15) is 0 Å². The van der Waals surface area contributed by atoms with Crippen molar-refractivity contribution in [1.82, 2.24) is 14.8 Å². The Balaban J connectivity index is 1.58. The van der Waals surface area contributed by atoms with Crippen molar-refractivity contribution in [2.24, 2.45) is 7.05 Å². The number of rotatable bonds is 5. The van der Waals surface area contributed by atoms with Crippen molar-refractivity contribution in [3.8, 4) is 5.75 Å². The Hall–Kier alpha value is -2.67. The highest BCUT2D eigenvalue weighted by Crippen LogP contribution is 2.36. The molecule has 0 N–H and O–H groups in total. The molecule has 2 atom stereocenters. The van der Waals surface area contributed by atoms with E-state index in [9.17, 15) is 8.78 Å². The van der Waals surface area contributed by atoms with Gasteiger partial charge in [-0.15, -0.1) is 10.2 Å². The second kappa shape index (κ2) is 7.99. The van der Waals surface area contributed by atoms with Gasteiger partial charge in [-0.05, 0) is 55.7 Å². The Kier molecular flexibility index (Phi) is 5.41. The number of anilines is 1. The lowest BCUT2D eigenvalue weighted by Crippen LogP contribution is -2.26. The minimum Gasteiger partial charge on any atom is -0.483 e. The van der Waals surface area contributed by atoms with Crippen LogP contribution in [0.1, 0.15) is 43.3 Å². The molecule has 1 fully saturated rings. The molecule has 3 aromatic rings. The minimum absolute atomic E-state index is 0.153. The van der Waals surface area contributed by atoms with Crippen LogP contribution in [0, 0.1) is 11.6 Å². The molecule has 4 rings (SSSR count). The summed E-state index contributed by atoms with van der Waals surface area (Å²) in [4.78, 5) is 2.04. The van der Waals surface area contributed by atoms with Crippen LogP contribution < -0.4 is 9.64 Å². The van der Waals surface area contributed by atoms with E-state index in [1.165, 1.54) is 12.1 Å². The third-order valence-electron chi connectivity index (χ3n) is 5.14. The second-order valence-corrected chi connectivity index (χ2v) is 7.63. The van der Waals surface area contributed by atoms with Gasteiger partial charge in [0.2, 0.25) is 5.95 Å². The Bertz CT molecular complexity index is 1010. The van der Waals surface area contributed by atoms with Gasteiger partial charge < -0.3 is 9.64 Å². The molecule has 2 heterocycles. The third kappa shape index (κ3) is 4.05. The molecule has 2 unspecified atom stereocenters. The van der Waals surface area contributed by atoms with Gasteiger partial charge in [0.05, 0.1) is 6.04 Å². The van der Waals surface area contributed by atoms with E-state index < -0.39 is 11.6 Å². The molecule has 8 heteroatoms.